The van der Waals surface area contributed by atoms with Gasteiger partial charge in [0.2, 0.25) is 0 Å². The minimum absolute atomic E-state index is 0.0421. The summed E-state index contributed by atoms with van der Waals surface area (Å²) >= 11 is 7.55. The van der Waals surface area contributed by atoms with E-state index in [0.29, 0.717) is 3.57 Å². The van der Waals surface area contributed by atoms with E-state index in [2.05, 4.69) is 4.98 Å². The summed E-state index contributed by atoms with van der Waals surface area (Å²) in [6.45, 7) is 0. The molecule has 1 amide bonds. The first-order valence-electron chi connectivity index (χ1n) is 2.93. The zero-order valence-electron chi connectivity index (χ0n) is 5.84. The van der Waals surface area contributed by atoms with Crippen LogP contribution in [0.5, 0.6) is 0 Å². The number of hydrogen-bond acceptors (Lipinski definition) is 3. The van der Waals surface area contributed by atoms with Crippen molar-refractivity contribution in [2.75, 3.05) is 5.73 Å². The van der Waals surface area contributed by atoms with Gasteiger partial charge in [0.25, 0.3) is 5.91 Å². The van der Waals surface area contributed by atoms with E-state index in [1.165, 1.54) is 6.20 Å². The summed E-state index contributed by atoms with van der Waals surface area (Å²) in [4.78, 5) is 14.5. The third kappa shape index (κ3) is 1.61. The number of hydrogen-bond donors (Lipinski definition) is 2. The van der Waals surface area contributed by atoms with Crippen LogP contribution in [-0.2, 0) is 0 Å². The zero-order valence-corrected chi connectivity index (χ0v) is 8.76. The van der Waals surface area contributed by atoms with E-state index in [1.54, 1.807) is 0 Å². The zero-order chi connectivity index (χ0) is 9.30. The van der Waals surface area contributed by atoms with Gasteiger partial charge in [-0.15, -0.1) is 0 Å². The molecule has 12 heavy (non-hydrogen) atoms. The molecule has 1 aromatic rings. The van der Waals surface area contributed by atoms with Crippen molar-refractivity contribution < 1.29 is 4.79 Å². The number of aromatic nitrogens is 1. The standard InChI is InChI=1S/C6H5ClIN3O/c7-5-3(6(10)12)4(9)2(8)1-11-5/h1H,(H2,9,11)(H2,10,12). The van der Waals surface area contributed by atoms with E-state index < -0.39 is 5.91 Å². The predicted molar refractivity (Wildman–Crippen MR) is 54.9 cm³/mol. The highest BCUT2D eigenvalue weighted by Gasteiger charge is 2.13. The number of primary amides is 1. The fourth-order valence-corrected chi connectivity index (χ4v) is 1.37. The van der Waals surface area contributed by atoms with Gasteiger partial charge in [-0.1, -0.05) is 11.6 Å². The monoisotopic (exact) mass is 297 g/mol. The van der Waals surface area contributed by atoms with Crippen LogP contribution < -0.4 is 11.5 Å². The lowest BCUT2D eigenvalue weighted by Crippen LogP contribution is -2.15. The van der Waals surface area contributed by atoms with Crippen molar-refractivity contribution in [1.82, 2.24) is 4.98 Å². The van der Waals surface area contributed by atoms with Crippen molar-refractivity contribution in [3.8, 4) is 0 Å². The number of carbonyl (C=O) groups excluding carboxylic acids is 1. The van der Waals surface area contributed by atoms with Crippen LogP contribution in [0.4, 0.5) is 5.69 Å². The van der Waals surface area contributed by atoms with Gasteiger partial charge in [-0.2, -0.15) is 0 Å². The molecule has 0 aliphatic rings. The van der Waals surface area contributed by atoms with Gasteiger partial charge in [-0.05, 0) is 22.6 Å². The Kier molecular flexibility index (Phi) is 2.73. The van der Waals surface area contributed by atoms with Crippen LogP contribution in [0.2, 0.25) is 5.15 Å². The highest BCUT2D eigenvalue weighted by molar-refractivity contribution is 14.1. The van der Waals surface area contributed by atoms with Gasteiger partial charge in [0.1, 0.15) is 10.7 Å². The minimum atomic E-state index is -0.663. The molecule has 0 spiro atoms. The number of pyridine rings is 1. The molecule has 0 aliphatic heterocycles. The fourth-order valence-electron chi connectivity index (χ4n) is 0.712. The van der Waals surface area contributed by atoms with Crippen LogP contribution in [0, 0.1) is 3.57 Å². The van der Waals surface area contributed by atoms with Crippen LogP contribution in [0.15, 0.2) is 6.20 Å². The Balaban J connectivity index is 3.43. The van der Waals surface area contributed by atoms with Gasteiger partial charge in [0.05, 0.1) is 9.26 Å². The second kappa shape index (κ2) is 3.44. The SMILES string of the molecule is NC(=O)c1c(Cl)ncc(I)c1N. The normalized spacial score (nSPS) is 9.83. The Labute approximate surface area is 87.4 Å². The van der Waals surface area contributed by atoms with Gasteiger partial charge >= 0.3 is 0 Å². The van der Waals surface area contributed by atoms with Crippen LogP contribution >= 0.6 is 34.2 Å². The second-order valence-corrected chi connectivity index (χ2v) is 3.57. The van der Waals surface area contributed by atoms with Crippen molar-refractivity contribution in [3.63, 3.8) is 0 Å². The quantitative estimate of drug-likeness (QED) is 0.600. The maximum absolute atomic E-state index is 10.8. The Morgan fingerprint density at radius 3 is 2.67 bits per heavy atom. The Morgan fingerprint density at radius 2 is 2.25 bits per heavy atom. The summed E-state index contributed by atoms with van der Waals surface area (Å²) in [6, 6.07) is 0. The first-order valence-corrected chi connectivity index (χ1v) is 4.39. The number of rotatable bonds is 1. The Bertz CT molecular complexity index is 342. The summed E-state index contributed by atoms with van der Waals surface area (Å²) in [5.41, 5.74) is 11.0. The molecular weight excluding hydrogens is 292 g/mol. The summed E-state index contributed by atoms with van der Waals surface area (Å²) in [6.07, 6.45) is 1.48. The van der Waals surface area contributed by atoms with Crippen LogP contribution in [0.1, 0.15) is 10.4 Å². The van der Waals surface area contributed by atoms with Crippen molar-refractivity contribution in [2.45, 2.75) is 0 Å². The molecule has 0 fully saturated rings. The number of nitrogen functional groups attached to an aromatic ring is 1. The third-order valence-electron chi connectivity index (χ3n) is 1.27. The van der Waals surface area contributed by atoms with Gasteiger partial charge < -0.3 is 11.5 Å². The number of carbonyl (C=O) groups is 1. The van der Waals surface area contributed by atoms with Crippen molar-refractivity contribution >= 4 is 45.8 Å². The topological polar surface area (TPSA) is 82.0 Å². The van der Waals surface area contributed by atoms with E-state index in [9.17, 15) is 4.79 Å². The third-order valence-corrected chi connectivity index (χ3v) is 2.42. The van der Waals surface area contributed by atoms with Crippen molar-refractivity contribution in [3.05, 3.63) is 20.5 Å². The fraction of sp³-hybridized carbons (Fsp3) is 0. The van der Waals surface area contributed by atoms with E-state index in [1.807, 2.05) is 22.6 Å². The minimum Gasteiger partial charge on any atom is -0.397 e. The molecule has 1 heterocycles. The number of nitrogens with zero attached hydrogens (tertiary/aromatic N) is 1. The lowest BCUT2D eigenvalue weighted by molar-refractivity contribution is 0.100. The Hall–Kier alpha value is -0.560. The van der Waals surface area contributed by atoms with Gasteiger partial charge in [-0.3, -0.25) is 4.79 Å². The van der Waals surface area contributed by atoms with Gasteiger partial charge in [0, 0.05) is 6.20 Å². The lowest BCUT2D eigenvalue weighted by atomic mass is 10.2. The number of halogens is 2. The molecule has 64 valence electrons. The maximum atomic E-state index is 10.8. The summed E-state index contributed by atoms with van der Waals surface area (Å²) in [5.74, 6) is -0.663. The number of anilines is 1. The second-order valence-electron chi connectivity index (χ2n) is 2.05. The van der Waals surface area contributed by atoms with E-state index in [-0.39, 0.29) is 16.4 Å². The van der Waals surface area contributed by atoms with E-state index >= 15 is 0 Å². The van der Waals surface area contributed by atoms with Gasteiger partial charge in [-0.25, -0.2) is 4.98 Å². The summed E-state index contributed by atoms with van der Waals surface area (Å²) < 4.78 is 0.658. The first kappa shape index (κ1) is 9.53. The molecule has 4 N–H and O–H groups in total. The van der Waals surface area contributed by atoms with E-state index in [0.717, 1.165) is 0 Å². The number of amides is 1. The summed E-state index contributed by atoms with van der Waals surface area (Å²) in [7, 11) is 0. The largest absolute Gasteiger partial charge is 0.397 e. The summed E-state index contributed by atoms with van der Waals surface area (Å²) in [5, 5.41) is 0.0421. The van der Waals surface area contributed by atoms with Crippen LogP contribution in [0.25, 0.3) is 0 Å². The Morgan fingerprint density at radius 1 is 1.67 bits per heavy atom. The molecule has 1 aromatic heterocycles. The molecule has 0 atom stereocenters. The van der Waals surface area contributed by atoms with Crippen LogP contribution in [-0.4, -0.2) is 10.9 Å². The molecule has 0 radical (unpaired) electrons. The average molecular weight is 297 g/mol. The first-order chi connectivity index (χ1) is 5.54. The lowest BCUT2D eigenvalue weighted by Gasteiger charge is -2.04. The van der Waals surface area contributed by atoms with E-state index in [4.69, 9.17) is 23.1 Å². The highest BCUT2D eigenvalue weighted by atomic mass is 127. The molecule has 0 aliphatic carbocycles. The predicted octanol–water partition coefficient (Wildman–Crippen LogP) is 1.02. The van der Waals surface area contributed by atoms with Crippen molar-refractivity contribution in [1.29, 1.82) is 0 Å². The highest BCUT2D eigenvalue weighted by Crippen LogP contribution is 2.23. The van der Waals surface area contributed by atoms with Crippen LogP contribution in [0.3, 0.4) is 0 Å². The van der Waals surface area contributed by atoms with Crippen molar-refractivity contribution in [2.24, 2.45) is 5.73 Å². The molecule has 0 aromatic carbocycles. The maximum Gasteiger partial charge on any atom is 0.253 e. The number of nitrogens with two attached hydrogens (primary N) is 2. The van der Waals surface area contributed by atoms with Gasteiger partial charge in [0.15, 0.2) is 0 Å². The smallest absolute Gasteiger partial charge is 0.253 e. The average Bonchev–Trinajstić information content (AvgIpc) is 1.97. The molecule has 6 heteroatoms. The molecular formula is C6H5ClIN3O. The molecule has 0 bridgehead atoms. The molecule has 4 nitrogen and oxygen atoms in total. The molecule has 0 saturated carbocycles. The molecule has 0 saturated heterocycles. The molecule has 1 rings (SSSR count). The molecule has 0 unspecified atom stereocenters.